The standard InChI is InChI=1S/C13H27N3O/c1-4-15(5-2)11-13(17)16-8-6-12(7-9-16)10-14-3/h12,14H,4-11H2,1-3H3. The first-order valence-electron chi connectivity index (χ1n) is 6.85. The van der Waals surface area contributed by atoms with Crippen molar-refractivity contribution in [1.29, 1.82) is 0 Å². The fourth-order valence-corrected chi connectivity index (χ4v) is 2.41. The monoisotopic (exact) mass is 241 g/mol. The van der Waals surface area contributed by atoms with E-state index < -0.39 is 0 Å². The van der Waals surface area contributed by atoms with Crippen LogP contribution < -0.4 is 5.32 Å². The molecule has 0 aromatic rings. The Kier molecular flexibility index (Phi) is 6.52. The van der Waals surface area contributed by atoms with Gasteiger partial charge in [0.25, 0.3) is 0 Å². The van der Waals surface area contributed by atoms with Crippen LogP contribution in [0.1, 0.15) is 26.7 Å². The third-order valence-electron chi connectivity index (χ3n) is 3.71. The Morgan fingerprint density at radius 2 is 1.88 bits per heavy atom. The molecule has 1 amide bonds. The highest BCUT2D eigenvalue weighted by molar-refractivity contribution is 5.78. The molecule has 0 aromatic heterocycles. The molecule has 0 unspecified atom stereocenters. The number of carbonyl (C=O) groups is 1. The lowest BCUT2D eigenvalue weighted by Gasteiger charge is -2.33. The summed E-state index contributed by atoms with van der Waals surface area (Å²) in [7, 11) is 2.00. The zero-order chi connectivity index (χ0) is 12.7. The second kappa shape index (κ2) is 7.67. The predicted octanol–water partition coefficient (Wildman–Crippen LogP) is 0.786. The summed E-state index contributed by atoms with van der Waals surface area (Å²) in [6.07, 6.45) is 2.29. The summed E-state index contributed by atoms with van der Waals surface area (Å²) in [5.74, 6) is 1.05. The zero-order valence-electron chi connectivity index (χ0n) is 11.5. The minimum Gasteiger partial charge on any atom is -0.342 e. The number of likely N-dealkylation sites (tertiary alicyclic amines) is 1. The fraction of sp³-hybridized carbons (Fsp3) is 0.923. The average molecular weight is 241 g/mol. The molecule has 1 N–H and O–H groups in total. The number of amides is 1. The van der Waals surface area contributed by atoms with E-state index in [0.717, 1.165) is 51.5 Å². The lowest BCUT2D eigenvalue weighted by atomic mass is 9.97. The zero-order valence-corrected chi connectivity index (χ0v) is 11.5. The molecule has 4 nitrogen and oxygen atoms in total. The van der Waals surface area contributed by atoms with Gasteiger partial charge in [-0.1, -0.05) is 13.8 Å². The van der Waals surface area contributed by atoms with Gasteiger partial charge < -0.3 is 10.2 Å². The number of rotatable bonds is 6. The summed E-state index contributed by atoms with van der Waals surface area (Å²) in [5.41, 5.74) is 0. The maximum atomic E-state index is 12.1. The average Bonchev–Trinajstić information content (AvgIpc) is 2.37. The highest BCUT2D eigenvalue weighted by Crippen LogP contribution is 2.16. The van der Waals surface area contributed by atoms with Crippen molar-refractivity contribution >= 4 is 5.91 Å². The molecule has 100 valence electrons. The molecule has 0 aliphatic carbocycles. The van der Waals surface area contributed by atoms with Gasteiger partial charge in [-0.05, 0) is 45.4 Å². The van der Waals surface area contributed by atoms with Crippen molar-refractivity contribution < 1.29 is 4.79 Å². The quantitative estimate of drug-likeness (QED) is 0.747. The Morgan fingerprint density at radius 3 is 2.35 bits per heavy atom. The van der Waals surface area contributed by atoms with Gasteiger partial charge >= 0.3 is 0 Å². The topological polar surface area (TPSA) is 35.6 Å². The van der Waals surface area contributed by atoms with Gasteiger partial charge in [0.2, 0.25) is 5.91 Å². The molecule has 1 aliphatic rings. The number of hydrogen-bond acceptors (Lipinski definition) is 3. The van der Waals surface area contributed by atoms with Crippen LogP contribution in [0.5, 0.6) is 0 Å². The molecule has 1 saturated heterocycles. The molecule has 1 heterocycles. The molecule has 0 atom stereocenters. The van der Waals surface area contributed by atoms with Crippen LogP contribution in [0.2, 0.25) is 0 Å². The van der Waals surface area contributed by atoms with E-state index in [9.17, 15) is 4.79 Å². The summed E-state index contributed by atoms with van der Waals surface area (Å²) < 4.78 is 0. The second-order valence-electron chi connectivity index (χ2n) is 4.84. The number of hydrogen-bond donors (Lipinski definition) is 1. The molecular formula is C13H27N3O. The first-order valence-corrected chi connectivity index (χ1v) is 6.85. The van der Waals surface area contributed by atoms with E-state index in [2.05, 4.69) is 24.1 Å². The maximum Gasteiger partial charge on any atom is 0.236 e. The Labute approximate surface area is 105 Å². The van der Waals surface area contributed by atoms with Crippen LogP contribution in [-0.4, -0.2) is 62.0 Å². The van der Waals surface area contributed by atoms with Crippen molar-refractivity contribution in [2.45, 2.75) is 26.7 Å². The molecule has 0 saturated carbocycles. The first kappa shape index (κ1) is 14.5. The normalized spacial score (nSPS) is 17.8. The molecular weight excluding hydrogens is 214 g/mol. The first-order chi connectivity index (χ1) is 8.21. The molecule has 1 aliphatic heterocycles. The molecule has 0 bridgehead atoms. The number of piperidine rings is 1. The number of nitrogens with one attached hydrogen (secondary N) is 1. The van der Waals surface area contributed by atoms with Crippen molar-refractivity contribution in [2.24, 2.45) is 5.92 Å². The Bertz CT molecular complexity index is 221. The molecule has 4 heteroatoms. The third-order valence-corrected chi connectivity index (χ3v) is 3.71. The van der Waals surface area contributed by atoms with E-state index in [1.807, 2.05) is 11.9 Å². The van der Waals surface area contributed by atoms with Crippen molar-refractivity contribution in [2.75, 3.05) is 46.3 Å². The summed E-state index contributed by atoms with van der Waals surface area (Å²) in [5, 5.41) is 3.22. The van der Waals surface area contributed by atoms with E-state index in [0.29, 0.717) is 12.5 Å². The van der Waals surface area contributed by atoms with Gasteiger partial charge in [0, 0.05) is 13.1 Å². The Balaban J connectivity index is 2.30. The lowest BCUT2D eigenvalue weighted by molar-refractivity contribution is -0.133. The van der Waals surface area contributed by atoms with E-state index in [1.54, 1.807) is 0 Å². The van der Waals surface area contributed by atoms with Crippen molar-refractivity contribution in [3.05, 3.63) is 0 Å². The van der Waals surface area contributed by atoms with E-state index in [-0.39, 0.29) is 0 Å². The van der Waals surface area contributed by atoms with E-state index in [4.69, 9.17) is 0 Å². The summed E-state index contributed by atoms with van der Waals surface area (Å²) in [6.45, 7) is 9.67. The fourth-order valence-electron chi connectivity index (χ4n) is 2.41. The third kappa shape index (κ3) is 4.64. The van der Waals surface area contributed by atoms with Gasteiger partial charge in [-0.3, -0.25) is 9.69 Å². The van der Waals surface area contributed by atoms with Crippen LogP contribution in [0.3, 0.4) is 0 Å². The summed E-state index contributed by atoms with van der Waals surface area (Å²) in [4.78, 5) is 16.3. The largest absolute Gasteiger partial charge is 0.342 e. The van der Waals surface area contributed by atoms with Gasteiger partial charge in [-0.2, -0.15) is 0 Å². The molecule has 0 spiro atoms. The highest BCUT2D eigenvalue weighted by Gasteiger charge is 2.22. The Hall–Kier alpha value is -0.610. The van der Waals surface area contributed by atoms with E-state index >= 15 is 0 Å². The van der Waals surface area contributed by atoms with Crippen LogP contribution in [0.25, 0.3) is 0 Å². The summed E-state index contributed by atoms with van der Waals surface area (Å²) in [6, 6.07) is 0. The number of carbonyl (C=O) groups excluding carboxylic acids is 1. The van der Waals surface area contributed by atoms with Gasteiger partial charge in [0.1, 0.15) is 0 Å². The van der Waals surface area contributed by atoms with Crippen molar-refractivity contribution in [1.82, 2.24) is 15.1 Å². The minimum absolute atomic E-state index is 0.302. The van der Waals surface area contributed by atoms with Gasteiger partial charge in [0.15, 0.2) is 0 Å². The highest BCUT2D eigenvalue weighted by atomic mass is 16.2. The second-order valence-corrected chi connectivity index (χ2v) is 4.84. The smallest absolute Gasteiger partial charge is 0.236 e. The van der Waals surface area contributed by atoms with Crippen molar-refractivity contribution in [3.63, 3.8) is 0 Å². The SMILES string of the molecule is CCN(CC)CC(=O)N1CCC(CNC)CC1. The van der Waals surface area contributed by atoms with Crippen molar-refractivity contribution in [3.8, 4) is 0 Å². The van der Waals surface area contributed by atoms with Crippen LogP contribution in [0.15, 0.2) is 0 Å². The summed E-state index contributed by atoms with van der Waals surface area (Å²) >= 11 is 0. The molecule has 1 fully saturated rings. The van der Waals surface area contributed by atoms with Gasteiger partial charge in [0.05, 0.1) is 6.54 Å². The number of likely N-dealkylation sites (N-methyl/N-ethyl adjacent to an activating group) is 1. The molecule has 0 radical (unpaired) electrons. The molecule has 0 aromatic carbocycles. The molecule has 1 rings (SSSR count). The predicted molar refractivity (Wildman–Crippen MR) is 71.0 cm³/mol. The maximum absolute atomic E-state index is 12.1. The van der Waals surface area contributed by atoms with Crippen LogP contribution in [0, 0.1) is 5.92 Å². The van der Waals surface area contributed by atoms with Gasteiger partial charge in [-0.15, -0.1) is 0 Å². The Morgan fingerprint density at radius 1 is 1.29 bits per heavy atom. The lowest BCUT2D eigenvalue weighted by Crippen LogP contribution is -2.45. The minimum atomic E-state index is 0.302. The number of nitrogens with zero attached hydrogens (tertiary/aromatic N) is 2. The molecule has 17 heavy (non-hydrogen) atoms. The van der Waals surface area contributed by atoms with Crippen LogP contribution in [-0.2, 0) is 4.79 Å². The van der Waals surface area contributed by atoms with Gasteiger partial charge in [-0.25, -0.2) is 0 Å². The van der Waals surface area contributed by atoms with Crippen LogP contribution >= 0.6 is 0 Å². The van der Waals surface area contributed by atoms with Crippen LogP contribution in [0.4, 0.5) is 0 Å². The van der Waals surface area contributed by atoms with E-state index in [1.165, 1.54) is 0 Å².